The molecule has 2 fully saturated rings. The van der Waals surface area contributed by atoms with E-state index in [1.165, 1.54) is 12.1 Å². The van der Waals surface area contributed by atoms with E-state index in [4.69, 9.17) is 0 Å². The molecule has 0 aliphatic heterocycles. The zero-order chi connectivity index (χ0) is 15.3. The van der Waals surface area contributed by atoms with Crippen LogP contribution in [0.1, 0.15) is 43.7 Å². The fourth-order valence-corrected chi connectivity index (χ4v) is 3.91. The predicted molar refractivity (Wildman–Crippen MR) is 79.0 cm³/mol. The number of sulfonamides is 1. The minimum Gasteiger partial charge on any atom is -0.310 e. The zero-order valence-electron chi connectivity index (χ0n) is 12.4. The highest BCUT2D eigenvalue weighted by Crippen LogP contribution is 2.36. The molecule has 0 amide bonds. The fourth-order valence-electron chi connectivity index (χ4n) is 2.31. The second-order valence-corrected chi connectivity index (χ2v) is 8.22. The molecule has 0 unspecified atom stereocenters. The van der Waals surface area contributed by atoms with E-state index in [9.17, 15) is 12.8 Å². The predicted octanol–water partition coefficient (Wildman–Crippen LogP) is 2.22. The van der Waals surface area contributed by atoms with Gasteiger partial charge in [-0.2, -0.15) is 0 Å². The van der Waals surface area contributed by atoms with Crippen LogP contribution in [0.2, 0.25) is 0 Å². The van der Waals surface area contributed by atoms with Crippen LogP contribution in [0.15, 0.2) is 17.0 Å². The number of nitrogens with one attached hydrogen (secondary N) is 2. The maximum Gasteiger partial charge on any atom is 0.241 e. The van der Waals surface area contributed by atoms with Gasteiger partial charge in [-0.3, -0.25) is 0 Å². The summed E-state index contributed by atoms with van der Waals surface area (Å²) in [7, 11) is -3.58. The summed E-state index contributed by atoms with van der Waals surface area (Å²) in [5.41, 5.74) is 0.461. The van der Waals surface area contributed by atoms with E-state index in [-0.39, 0.29) is 16.3 Å². The maximum atomic E-state index is 14.1. The highest BCUT2D eigenvalue weighted by atomic mass is 32.2. The van der Waals surface area contributed by atoms with E-state index in [1.807, 2.05) is 6.92 Å². The largest absolute Gasteiger partial charge is 0.310 e. The van der Waals surface area contributed by atoms with Crippen LogP contribution >= 0.6 is 0 Å². The normalized spacial score (nSPS) is 20.5. The number of hydrogen-bond acceptors (Lipinski definition) is 3. The second kappa shape index (κ2) is 5.04. The van der Waals surface area contributed by atoms with Crippen molar-refractivity contribution in [2.45, 2.75) is 62.6 Å². The average Bonchev–Trinajstić information content (AvgIpc) is 3.29. The molecule has 116 valence electrons. The third kappa shape index (κ3) is 3.44. The van der Waals surface area contributed by atoms with Gasteiger partial charge in [-0.25, -0.2) is 17.5 Å². The van der Waals surface area contributed by atoms with E-state index in [2.05, 4.69) is 10.0 Å². The van der Waals surface area contributed by atoms with Crippen molar-refractivity contribution in [2.75, 3.05) is 0 Å². The van der Waals surface area contributed by atoms with Gasteiger partial charge in [0.1, 0.15) is 5.82 Å². The van der Waals surface area contributed by atoms with Crippen molar-refractivity contribution >= 4 is 10.0 Å². The molecule has 2 aliphatic rings. The zero-order valence-corrected chi connectivity index (χ0v) is 13.2. The maximum absolute atomic E-state index is 14.1. The highest BCUT2D eigenvalue weighted by molar-refractivity contribution is 7.89. The third-order valence-corrected chi connectivity index (χ3v) is 5.77. The molecule has 2 aliphatic carbocycles. The van der Waals surface area contributed by atoms with Crippen molar-refractivity contribution < 1.29 is 12.8 Å². The van der Waals surface area contributed by atoms with Crippen molar-refractivity contribution in [3.05, 3.63) is 29.1 Å². The van der Waals surface area contributed by atoms with Crippen LogP contribution in [-0.4, -0.2) is 20.0 Å². The Balaban J connectivity index is 1.86. The lowest BCUT2D eigenvalue weighted by Crippen LogP contribution is -2.34. The third-order valence-electron chi connectivity index (χ3n) is 4.15. The van der Waals surface area contributed by atoms with Crippen molar-refractivity contribution in [3.8, 4) is 0 Å². The van der Waals surface area contributed by atoms with Gasteiger partial charge in [0.25, 0.3) is 0 Å². The minimum absolute atomic E-state index is 0.155. The van der Waals surface area contributed by atoms with Crippen LogP contribution in [0.3, 0.4) is 0 Å². The van der Waals surface area contributed by atoms with Crippen LogP contribution in [0, 0.1) is 12.7 Å². The van der Waals surface area contributed by atoms with Crippen LogP contribution in [-0.2, 0) is 16.6 Å². The Morgan fingerprint density at radius 2 is 2.00 bits per heavy atom. The van der Waals surface area contributed by atoms with Crippen LogP contribution < -0.4 is 10.0 Å². The number of hydrogen-bond donors (Lipinski definition) is 2. The summed E-state index contributed by atoms with van der Waals surface area (Å²) in [5.74, 6) is -0.320. The summed E-state index contributed by atoms with van der Waals surface area (Å²) in [5, 5.41) is 3.22. The molecule has 1 aromatic rings. The molecule has 0 atom stereocenters. The lowest BCUT2D eigenvalue weighted by molar-refractivity contribution is 0.554. The molecule has 0 aromatic heterocycles. The molecule has 6 heteroatoms. The molecule has 0 saturated heterocycles. The first-order valence-corrected chi connectivity index (χ1v) is 8.84. The van der Waals surface area contributed by atoms with E-state index in [0.717, 1.165) is 25.7 Å². The van der Waals surface area contributed by atoms with Gasteiger partial charge in [-0.15, -0.1) is 0 Å². The van der Waals surface area contributed by atoms with Gasteiger partial charge >= 0.3 is 0 Å². The molecular formula is C15H21FN2O2S. The first-order chi connectivity index (χ1) is 9.79. The fraction of sp³-hybridized carbons (Fsp3) is 0.600. The van der Waals surface area contributed by atoms with E-state index >= 15 is 0 Å². The molecule has 2 saturated carbocycles. The Bertz CT molecular complexity index is 664. The summed E-state index contributed by atoms with van der Waals surface area (Å²) in [6.45, 7) is 3.86. The van der Waals surface area contributed by atoms with Gasteiger partial charge in [0.05, 0.1) is 4.90 Å². The van der Waals surface area contributed by atoms with Gasteiger partial charge in [0.2, 0.25) is 10.0 Å². The van der Waals surface area contributed by atoms with Crippen molar-refractivity contribution in [3.63, 3.8) is 0 Å². The first-order valence-electron chi connectivity index (χ1n) is 7.35. The summed E-state index contributed by atoms with van der Waals surface area (Å²) < 4.78 is 41.6. The van der Waals surface area contributed by atoms with Gasteiger partial charge in [-0.05, 0) is 57.2 Å². The molecule has 0 radical (unpaired) electrons. The van der Waals surface area contributed by atoms with Crippen LogP contribution in [0.25, 0.3) is 0 Å². The van der Waals surface area contributed by atoms with Gasteiger partial charge in [0, 0.05) is 23.7 Å². The standard InChI is InChI=1S/C15H21FN2O2S/c1-10-7-13(21(19,20)18-15(2)5-6-15)8-11(14(10)16)9-17-12-3-4-12/h7-8,12,17-18H,3-6,9H2,1-2H3. The molecular weight excluding hydrogens is 291 g/mol. The lowest BCUT2D eigenvalue weighted by Gasteiger charge is -2.15. The Hall–Kier alpha value is -0.980. The minimum atomic E-state index is -3.58. The molecule has 0 heterocycles. The highest BCUT2D eigenvalue weighted by Gasteiger charge is 2.41. The van der Waals surface area contributed by atoms with Gasteiger partial charge in [0.15, 0.2) is 0 Å². The molecule has 1 aromatic carbocycles. The Morgan fingerprint density at radius 1 is 1.33 bits per heavy atom. The quantitative estimate of drug-likeness (QED) is 0.847. The second-order valence-electron chi connectivity index (χ2n) is 6.53. The van der Waals surface area contributed by atoms with Gasteiger partial charge < -0.3 is 5.32 Å². The Labute approximate surface area is 125 Å². The SMILES string of the molecule is Cc1cc(S(=O)(=O)NC2(C)CC2)cc(CNC2CC2)c1F. The summed E-state index contributed by atoms with van der Waals surface area (Å²) in [6, 6.07) is 3.31. The molecule has 4 nitrogen and oxygen atoms in total. The lowest BCUT2D eigenvalue weighted by atomic mass is 10.1. The van der Waals surface area contributed by atoms with Crippen molar-refractivity contribution in [1.29, 1.82) is 0 Å². The van der Waals surface area contributed by atoms with E-state index in [1.54, 1.807) is 6.92 Å². The van der Waals surface area contributed by atoms with Crippen LogP contribution in [0.4, 0.5) is 4.39 Å². The van der Waals surface area contributed by atoms with Crippen LogP contribution in [0.5, 0.6) is 0 Å². The smallest absolute Gasteiger partial charge is 0.241 e. The van der Waals surface area contributed by atoms with E-state index < -0.39 is 10.0 Å². The number of aryl methyl sites for hydroxylation is 1. The molecule has 2 N–H and O–H groups in total. The number of halogens is 1. The monoisotopic (exact) mass is 312 g/mol. The van der Waals surface area contributed by atoms with E-state index in [0.29, 0.717) is 23.7 Å². The topological polar surface area (TPSA) is 58.2 Å². The molecule has 21 heavy (non-hydrogen) atoms. The molecule has 0 bridgehead atoms. The number of rotatable bonds is 6. The first kappa shape index (κ1) is 14.9. The van der Waals surface area contributed by atoms with Crippen molar-refractivity contribution in [2.24, 2.45) is 0 Å². The molecule has 0 spiro atoms. The van der Waals surface area contributed by atoms with Crippen molar-refractivity contribution in [1.82, 2.24) is 10.0 Å². The average molecular weight is 312 g/mol. The summed E-state index contributed by atoms with van der Waals surface area (Å²) in [4.78, 5) is 0.155. The summed E-state index contributed by atoms with van der Waals surface area (Å²) in [6.07, 6.45) is 3.92. The number of benzene rings is 1. The molecule has 3 rings (SSSR count). The Kier molecular flexibility index (Phi) is 3.58. The van der Waals surface area contributed by atoms with Gasteiger partial charge in [-0.1, -0.05) is 0 Å². The Morgan fingerprint density at radius 3 is 2.57 bits per heavy atom. The summed E-state index contributed by atoms with van der Waals surface area (Å²) >= 11 is 0.